The number of esters is 1. The highest BCUT2D eigenvalue weighted by molar-refractivity contribution is 5.98. The van der Waals surface area contributed by atoms with Crippen LogP contribution in [0.4, 0.5) is 4.79 Å². The van der Waals surface area contributed by atoms with E-state index >= 15 is 0 Å². The summed E-state index contributed by atoms with van der Waals surface area (Å²) in [5.41, 5.74) is 0.507. The van der Waals surface area contributed by atoms with Gasteiger partial charge in [-0.1, -0.05) is 36.4 Å². The predicted molar refractivity (Wildman–Crippen MR) is 72.2 cm³/mol. The molecule has 0 saturated carbocycles. The molecule has 1 rings (SSSR count). The van der Waals surface area contributed by atoms with Crippen LogP contribution >= 0.6 is 0 Å². The zero-order chi connectivity index (χ0) is 15.0. The molecule has 1 aromatic rings. The van der Waals surface area contributed by atoms with Gasteiger partial charge in [-0.05, 0) is 6.42 Å². The van der Waals surface area contributed by atoms with E-state index in [0.29, 0.717) is 5.56 Å². The summed E-state index contributed by atoms with van der Waals surface area (Å²) in [6.07, 6.45) is 0.609. The molecule has 0 fully saturated rings. The number of Topliss-reactive ketones (excluding diaryl/α,β-unsaturated/α-hetero) is 1. The molecule has 0 spiro atoms. The third-order valence-electron chi connectivity index (χ3n) is 2.66. The first-order chi connectivity index (χ1) is 9.58. The molecule has 0 saturated heterocycles. The van der Waals surface area contributed by atoms with Crippen molar-refractivity contribution in [2.75, 3.05) is 7.11 Å². The van der Waals surface area contributed by atoms with Crippen molar-refractivity contribution in [1.29, 1.82) is 0 Å². The molecule has 20 heavy (non-hydrogen) atoms. The van der Waals surface area contributed by atoms with Crippen molar-refractivity contribution >= 4 is 17.9 Å². The van der Waals surface area contributed by atoms with Gasteiger partial charge in [-0.3, -0.25) is 9.59 Å². The number of benzene rings is 1. The van der Waals surface area contributed by atoms with Crippen LogP contribution in [0, 0.1) is 5.92 Å². The minimum absolute atomic E-state index is 0.0497. The minimum atomic E-state index is -1.09. The Morgan fingerprint density at radius 1 is 1.25 bits per heavy atom. The van der Waals surface area contributed by atoms with Crippen molar-refractivity contribution in [3.8, 4) is 0 Å². The Kier molecular flexibility index (Phi) is 6.16. The van der Waals surface area contributed by atoms with Crippen LogP contribution < -0.4 is 0 Å². The first kappa shape index (κ1) is 15.6. The van der Waals surface area contributed by atoms with Crippen LogP contribution in [-0.4, -0.2) is 25.0 Å². The Morgan fingerprint density at radius 2 is 1.90 bits per heavy atom. The minimum Gasteiger partial charge on any atom is -0.437 e. The highest BCUT2D eigenvalue weighted by Crippen LogP contribution is 2.16. The van der Waals surface area contributed by atoms with Gasteiger partial charge in [-0.25, -0.2) is 4.79 Å². The summed E-state index contributed by atoms with van der Waals surface area (Å²) in [4.78, 5) is 34.7. The maximum atomic E-state index is 12.0. The number of hydrogen-bond donors (Lipinski definition) is 0. The number of rotatable bonds is 6. The fourth-order valence-electron chi connectivity index (χ4n) is 1.64. The number of ether oxygens (including phenoxy) is 2. The number of hydrogen-bond acceptors (Lipinski definition) is 5. The zero-order valence-corrected chi connectivity index (χ0v) is 11.2. The van der Waals surface area contributed by atoms with Crippen molar-refractivity contribution in [1.82, 2.24) is 0 Å². The summed E-state index contributed by atoms with van der Waals surface area (Å²) >= 11 is 0. The molecule has 0 aliphatic carbocycles. The summed E-state index contributed by atoms with van der Waals surface area (Å²) in [7, 11) is 1.10. The van der Waals surface area contributed by atoms with Crippen LogP contribution in [0.1, 0.15) is 23.2 Å². The number of allylic oxidation sites excluding steroid dienone is 1. The monoisotopic (exact) mass is 276 g/mol. The van der Waals surface area contributed by atoms with Crippen LogP contribution in [0.25, 0.3) is 0 Å². The topological polar surface area (TPSA) is 69.7 Å². The molecule has 0 bridgehead atoms. The Morgan fingerprint density at radius 3 is 2.45 bits per heavy atom. The largest absolute Gasteiger partial charge is 0.515 e. The average molecular weight is 276 g/mol. The molecule has 5 nitrogen and oxygen atoms in total. The van der Waals surface area contributed by atoms with Crippen LogP contribution in [-0.2, 0) is 14.3 Å². The van der Waals surface area contributed by atoms with Gasteiger partial charge in [0.1, 0.15) is 0 Å². The van der Waals surface area contributed by atoms with Gasteiger partial charge in [0.15, 0.2) is 5.78 Å². The zero-order valence-electron chi connectivity index (χ0n) is 11.2. The van der Waals surface area contributed by atoms with Crippen LogP contribution in [0.3, 0.4) is 0 Å². The van der Waals surface area contributed by atoms with E-state index in [1.807, 2.05) is 0 Å². The number of carbonyl (C=O) groups is 3. The maximum absolute atomic E-state index is 12.0. The smallest absolute Gasteiger partial charge is 0.437 e. The average Bonchev–Trinajstić information content (AvgIpc) is 2.47. The lowest BCUT2D eigenvalue weighted by molar-refractivity contribution is -0.144. The molecular weight excluding hydrogens is 260 g/mol. The van der Waals surface area contributed by atoms with E-state index in [2.05, 4.69) is 16.1 Å². The van der Waals surface area contributed by atoms with Crippen molar-refractivity contribution in [3.63, 3.8) is 0 Å². The highest BCUT2D eigenvalue weighted by Gasteiger charge is 2.25. The molecule has 0 radical (unpaired) electrons. The lowest BCUT2D eigenvalue weighted by atomic mass is 9.95. The molecule has 106 valence electrons. The third-order valence-corrected chi connectivity index (χ3v) is 2.66. The third kappa shape index (κ3) is 4.68. The Hall–Kier alpha value is -2.43. The molecule has 0 N–H and O–H groups in total. The predicted octanol–water partition coefficient (Wildman–Crippen LogP) is 2.76. The quantitative estimate of drug-likeness (QED) is 0.346. The molecule has 1 atom stereocenters. The van der Waals surface area contributed by atoms with E-state index in [-0.39, 0.29) is 18.6 Å². The van der Waals surface area contributed by atoms with E-state index in [4.69, 9.17) is 0 Å². The van der Waals surface area contributed by atoms with Crippen molar-refractivity contribution in [2.45, 2.75) is 12.8 Å². The van der Waals surface area contributed by atoms with Gasteiger partial charge in [-0.15, -0.1) is 6.58 Å². The second-order valence-electron chi connectivity index (χ2n) is 4.09. The summed E-state index contributed by atoms with van der Waals surface area (Å²) in [6.45, 7) is 3.53. The SMILES string of the molecule is C=CCC(CC(=O)c1ccccc1)C(=O)OC(=O)OC. The summed E-state index contributed by atoms with van der Waals surface area (Å²) < 4.78 is 8.70. The van der Waals surface area contributed by atoms with E-state index in [1.165, 1.54) is 6.08 Å². The summed E-state index contributed by atoms with van der Waals surface area (Å²) in [5.74, 6) is -1.74. The number of ketones is 1. The van der Waals surface area contributed by atoms with Gasteiger partial charge in [-0.2, -0.15) is 0 Å². The van der Waals surface area contributed by atoms with Crippen molar-refractivity contribution < 1.29 is 23.9 Å². The normalized spacial score (nSPS) is 11.2. The van der Waals surface area contributed by atoms with Gasteiger partial charge < -0.3 is 9.47 Å². The molecule has 5 heteroatoms. The van der Waals surface area contributed by atoms with Crippen LogP contribution in [0.5, 0.6) is 0 Å². The number of carbonyl (C=O) groups excluding carboxylic acids is 3. The maximum Gasteiger partial charge on any atom is 0.515 e. The molecular formula is C15H16O5. The highest BCUT2D eigenvalue weighted by atomic mass is 16.7. The van der Waals surface area contributed by atoms with Crippen molar-refractivity contribution in [3.05, 3.63) is 48.6 Å². The molecule has 0 aromatic heterocycles. The lowest BCUT2D eigenvalue weighted by Crippen LogP contribution is -2.23. The van der Waals surface area contributed by atoms with Crippen LogP contribution in [0.15, 0.2) is 43.0 Å². The van der Waals surface area contributed by atoms with E-state index < -0.39 is 18.0 Å². The van der Waals surface area contributed by atoms with Crippen LogP contribution in [0.2, 0.25) is 0 Å². The van der Waals surface area contributed by atoms with Gasteiger partial charge >= 0.3 is 12.1 Å². The van der Waals surface area contributed by atoms with Gasteiger partial charge in [0.2, 0.25) is 0 Å². The molecule has 0 amide bonds. The second-order valence-corrected chi connectivity index (χ2v) is 4.09. The molecule has 1 unspecified atom stereocenters. The molecule has 0 aliphatic rings. The fraction of sp³-hybridized carbons (Fsp3) is 0.267. The van der Waals surface area contributed by atoms with E-state index in [1.54, 1.807) is 30.3 Å². The summed E-state index contributed by atoms with van der Waals surface area (Å²) in [6, 6.07) is 8.60. The van der Waals surface area contributed by atoms with Gasteiger partial charge in [0.05, 0.1) is 13.0 Å². The second kappa shape index (κ2) is 7.89. The van der Waals surface area contributed by atoms with Gasteiger partial charge in [0.25, 0.3) is 0 Å². The first-order valence-corrected chi connectivity index (χ1v) is 6.07. The first-order valence-electron chi connectivity index (χ1n) is 6.07. The molecule has 0 aliphatic heterocycles. The standard InChI is InChI=1S/C15H16O5/c1-3-7-12(14(17)20-15(18)19-2)10-13(16)11-8-5-4-6-9-11/h3-6,8-9,12H,1,7,10H2,2H3. The number of methoxy groups -OCH3 is 1. The Labute approximate surface area is 117 Å². The molecule has 0 heterocycles. The van der Waals surface area contributed by atoms with E-state index in [0.717, 1.165) is 7.11 Å². The summed E-state index contributed by atoms with van der Waals surface area (Å²) in [5, 5.41) is 0. The Balaban J connectivity index is 2.72. The Bertz CT molecular complexity index is 492. The van der Waals surface area contributed by atoms with E-state index in [9.17, 15) is 14.4 Å². The fourth-order valence-corrected chi connectivity index (χ4v) is 1.64. The van der Waals surface area contributed by atoms with Crippen molar-refractivity contribution in [2.24, 2.45) is 5.92 Å². The van der Waals surface area contributed by atoms with Gasteiger partial charge in [0, 0.05) is 12.0 Å². The lowest BCUT2D eigenvalue weighted by Gasteiger charge is -2.12. The molecule has 1 aromatic carbocycles.